The van der Waals surface area contributed by atoms with Crippen LogP contribution in [0.5, 0.6) is 0 Å². The minimum absolute atomic E-state index is 0.105. The summed E-state index contributed by atoms with van der Waals surface area (Å²) in [7, 11) is 1.80. The molecular weight excluding hydrogens is 336 g/mol. The van der Waals surface area contributed by atoms with Crippen LogP contribution in [0.1, 0.15) is 18.2 Å². The van der Waals surface area contributed by atoms with Gasteiger partial charge in [-0.3, -0.25) is 14.0 Å². The Labute approximate surface area is 150 Å². The molecule has 3 rings (SSSR count). The highest BCUT2D eigenvalue weighted by Gasteiger charge is 2.13. The number of benzene rings is 1. The lowest BCUT2D eigenvalue weighted by atomic mass is 10.1. The van der Waals surface area contributed by atoms with Crippen molar-refractivity contribution in [3.05, 3.63) is 47.9 Å². The van der Waals surface area contributed by atoms with E-state index in [1.165, 1.54) is 17.3 Å². The van der Waals surface area contributed by atoms with Gasteiger partial charge in [-0.1, -0.05) is 36.9 Å². The van der Waals surface area contributed by atoms with Crippen LogP contribution in [0, 0.1) is 6.92 Å². The third-order valence-electron chi connectivity index (χ3n) is 3.75. The number of thioether (sulfide) groups is 1. The number of para-hydroxylation sites is 1. The Morgan fingerprint density at radius 3 is 2.84 bits per heavy atom. The molecule has 0 spiro atoms. The quantitative estimate of drug-likeness (QED) is 0.687. The first kappa shape index (κ1) is 17.2. The molecule has 1 N–H and O–H groups in total. The van der Waals surface area contributed by atoms with Crippen molar-refractivity contribution in [2.75, 3.05) is 11.1 Å². The lowest BCUT2D eigenvalue weighted by Crippen LogP contribution is -2.16. The summed E-state index contributed by atoms with van der Waals surface area (Å²) < 4.78 is 3.57. The number of hydrogen-bond acceptors (Lipinski definition) is 5. The molecule has 0 saturated heterocycles. The van der Waals surface area contributed by atoms with Crippen LogP contribution in [-0.2, 0) is 18.3 Å². The molecule has 0 radical (unpaired) electrons. The number of nitrogens with zero attached hydrogens (tertiary/aromatic N) is 5. The zero-order valence-electron chi connectivity index (χ0n) is 14.4. The monoisotopic (exact) mass is 356 g/mol. The van der Waals surface area contributed by atoms with Crippen LogP contribution in [0.25, 0.3) is 5.69 Å². The number of amides is 1. The van der Waals surface area contributed by atoms with Gasteiger partial charge in [-0.05, 0) is 25.0 Å². The van der Waals surface area contributed by atoms with E-state index in [0.717, 1.165) is 17.8 Å². The number of carbonyl (C=O) groups excluding carboxylic acids is 1. The molecule has 25 heavy (non-hydrogen) atoms. The molecular formula is C17H20N6OS. The topological polar surface area (TPSA) is 77.6 Å². The number of nitrogens with one attached hydrogen (secondary N) is 1. The molecule has 0 aliphatic heterocycles. The first-order valence-electron chi connectivity index (χ1n) is 8.00. The summed E-state index contributed by atoms with van der Waals surface area (Å²) in [4.78, 5) is 12.2. The zero-order valence-corrected chi connectivity index (χ0v) is 15.2. The predicted molar refractivity (Wildman–Crippen MR) is 98.0 cm³/mol. The van der Waals surface area contributed by atoms with Crippen molar-refractivity contribution < 1.29 is 4.79 Å². The molecule has 0 unspecified atom stereocenters. The lowest BCUT2D eigenvalue weighted by Gasteiger charge is -2.10. The van der Waals surface area contributed by atoms with E-state index in [4.69, 9.17) is 0 Å². The van der Waals surface area contributed by atoms with Gasteiger partial charge < -0.3 is 5.32 Å². The average Bonchev–Trinajstić information content (AvgIpc) is 3.19. The van der Waals surface area contributed by atoms with Crippen LogP contribution in [0.3, 0.4) is 0 Å². The van der Waals surface area contributed by atoms with E-state index >= 15 is 0 Å². The highest BCUT2D eigenvalue weighted by atomic mass is 32.2. The minimum Gasteiger partial charge on any atom is -0.310 e. The maximum absolute atomic E-state index is 12.2. The molecule has 0 atom stereocenters. The van der Waals surface area contributed by atoms with E-state index in [2.05, 4.69) is 33.6 Å². The molecule has 1 amide bonds. The third kappa shape index (κ3) is 3.90. The van der Waals surface area contributed by atoms with E-state index in [1.807, 2.05) is 35.8 Å². The second kappa shape index (κ2) is 7.52. The van der Waals surface area contributed by atoms with Gasteiger partial charge in [0.25, 0.3) is 0 Å². The Kier molecular flexibility index (Phi) is 5.18. The van der Waals surface area contributed by atoms with Gasteiger partial charge in [0.05, 0.1) is 17.1 Å². The predicted octanol–water partition coefficient (Wildman–Crippen LogP) is 2.60. The largest absolute Gasteiger partial charge is 0.310 e. The summed E-state index contributed by atoms with van der Waals surface area (Å²) >= 11 is 1.36. The molecule has 2 aromatic heterocycles. The van der Waals surface area contributed by atoms with E-state index in [9.17, 15) is 4.79 Å². The Morgan fingerprint density at radius 2 is 2.12 bits per heavy atom. The molecule has 0 aliphatic carbocycles. The average molecular weight is 356 g/mol. The molecule has 3 aromatic rings. The van der Waals surface area contributed by atoms with Gasteiger partial charge in [-0.2, -0.15) is 5.10 Å². The molecule has 0 aliphatic rings. The first-order valence-corrected chi connectivity index (χ1v) is 8.98. The van der Waals surface area contributed by atoms with Crippen LogP contribution in [-0.4, -0.2) is 36.2 Å². The van der Waals surface area contributed by atoms with Gasteiger partial charge >= 0.3 is 0 Å². The summed E-state index contributed by atoms with van der Waals surface area (Å²) in [5.41, 5.74) is 3.11. The second-order valence-electron chi connectivity index (χ2n) is 5.60. The maximum atomic E-state index is 12.2. The standard InChI is InChI=1S/C17H20N6OS/c1-4-13-7-5-6-8-14(13)23-11-18-20-17(23)25-10-16(24)19-15-9-12(2)21-22(15)3/h5-9,11H,4,10H2,1-3H3,(H,19,24). The molecule has 0 bridgehead atoms. The van der Waals surface area contributed by atoms with E-state index in [-0.39, 0.29) is 11.7 Å². The van der Waals surface area contributed by atoms with Crippen molar-refractivity contribution in [2.24, 2.45) is 7.05 Å². The maximum Gasteiger partial charge on any atom is 0.235 e. The molecule has 7 nitrogen and oxygen atoms in total. The van der Waals surface area contributed by atoms with E-state index < -0.39 is 0 Å². The summed E-state index contributed by atoms with van der Waals surface area (Å²) in [6, 6.07) is 9.96. The van der Waals surface area contributed by atoms with Crippen molar-refractivity contribution in [3.63, 3.8) is 0 Å². The highest BCUT2D eigenvalue weighted by molar-refractivity contribution is 7.99. The van der Waals surface area contributed by atoms with Gasteiger partial charge in [0.2, 0.25) is 5.91 Å². The molecule has 0 saturated carbocycles. The second-order valence-corrected chi connectivity index (χ2v) is 6.54. The van der Waals surface area contributed by atoms with E-state index in [1.54, 1.807) is 18.1 Å². The lowest BCUT2D eigenvalue weighted by molar-refractivity contribution is -0.113. The Morgan fingerprint density at radius 1 is 1.32 bits per heavy atom. The third-order valence-corrected chi connectivity index (χ3v) is 4.69. The van der Waals surface area contributed by atoms with Gasteiger partial charge in [-0.15, -0.1) is 10.2 Å². The molecule has 130 valence electrons. The normalized spacial score (nSPS) is 10.8. The molecule has 0 fully saturated rings. The van der Waals surface area contributed by atoms with Crippen LogP contribution >= 0.6 is 11.8 Å². The van der Waals surface area contributed by atoms with Gasteiger partial charge in [0.15, 0.2) is 5.16 Å². The molecule has 2 heterocycles. The number of carbonyl (C=O) groups is 1. The highest BCUT2D eigenvalue weighted by Crippen LogP contribution is 2.22. The Bertz CT molecular complexity index is 885. The van der Waals surface area contributed by atoms with Crippen LogP contribution < -0.4 is 5.32 Å². The zero-order chi connectivity index (χ0) is 17.8. The van der Waals surface area contributed by atoms with Crippen molar-refractivity contribution >= 4 is 23.5 Å². The van der Waals surface area contributed by atoms with Gasteiger partial charge in [-0.25, -0.2) is 0 Å². The number of aromatic nitrogens is 5. The fourth-order valence-corrected chi connectivity index (χ4v) is 3.29. The van der Waals surface area contributed by atoms with Gasteiger partial charge in [0.1, 0.15) is 12.1 Å². The van der Waals surface area contributed by atoms with Crippen molar-refractivity contribution in [2.45, 2.75) is 25.4 Å². The number of hydrogen-bond donors (Lipinski definition) is 1. The van der Waals surface area contributed by atoms with Crippen LogP contribution in [0.4, 0.5) is 5.82 Å². The molecule has 8 heteroatoms. The summed E-state index contributed by atoms with van der Waals surface area (Å²) in [6.45, 7) is 4.00. The summed E-state index contributed by atoms with van der Waals surface area (Å²) in [5, 5.41) is 15.9. The first-order chi connectivity index (χ1) is 12.1. The fourth-order valence-electron chi connectivity index (χ4n) is 2.57. The minimum atomic E-state index is -0.105. The fraction of sp³-hybridized carbons (Fsp3) is 0.294. The van der Waals surface area contributed by atoms with Gasteiger partial charge in [0, 0.05) is 13.1 Å². The van der Waals surface area contributed by atoms with E-state index in [0.29, 0.717) is 11.0 Å². The SMILES string of the molecule is CCc1ccccc1-n1cnnc1SCC(=O)Nc1cc(C)nn1C. The summed E-state index contributed by atoms with van der Waals surface area (Å²) in [6.07, 6.45) is 2.60. The Balaban J connectivity index is 1.69. The summed E-state index contributed by atoms with van der Waals surface area (Å²) in [5.74, 6) is 0.823. The van der Waals surface area contributed by atoms with Crippen LogP contribution in [0.2, 0.25) is 0 Å². The van der Waals surface area contributed by atoms with Crippen LogP contribution in [0.15, 0.2) is 41.8 Å². The van der Waals surface area contributed by atoms with Crippen molar-refractivity contribution in [1.29, 1.82) is 0 Å². The number of anilines is 1. The molecule has 1 aromatic carbocycles. The smallest absolute Gasteiger partial charge is 0.235 e. The number of aryl methyl sites for hydroxylation is 3. The van der Waals surface area contributed by atoms with Crippen molar-refractivity contribution in [3.8, 4) is 5.69 Å². The number of rotatable bonds is 6. The van der Waals surface area contributed by atoms with Crippen molar-refractivity contribution in [1.82, 2.24) is 24.5 Å². The Hall–Kier alpha value is -2.61.